The molecule has 1 unspecified atom stereocenters. The molecular formula is C19H27N7O2. The second-order valence-electron chi connectivity index (χ2n) is 7.02. The van der Waals surface area contributed by atoms with Crippen molar-refractivity contribution in [3.05, 3.63) is 30.1 Å². The molecule has 0 bridgehead atoms. The molecule has 1 aromatic carbocycles. The van der Waals surface area contributed by atoms with Crippen LogP contribution in [0, 0.1) is 5.92 Å². The molecule has 9 heteroatoms. The Bertz CT molecular complexity index is 955. The van der Waals surface area contributed by atoms with Gasteiger partial charge in [0.1, 0.15) is 5.75 Å². The Labute approximate surface area is 163 Å². The predicted octanol–water partition coefficient (Wildman–Crippen LogP) is 2.17. The SMILES string of the molecule is CCn1cnc2c(NCc3cc(N)ccc3O)nc(NC(CO)C(C)C)nc21. The van der Waals surface area contributed by atoms with Gasteiger partial charge in [0.2, 0.25) is 5.95 Å². The quantitative estimate of drug-likeness (QED) is 0.294. The molecule has 0 aliphatic heterocycles. The number of hydrogen-bond acceptors (Lipinski definition) is 8. The Kier molecular flexibility index (Phi) is 5.84. The van der Waals surface area contributed by atoms with Gasteiger partial charge in [-0.3, -0.25) is 0 Å². The lowest BCUT2D eigenvalue weighted by molar-refractivity contribution is 0.248. The molecule has 28 heavy (non-hydrogen) atoms. The summed E-state index contributed by atoms with van der Waals surface area (Å²) in [5.74, 6) is 1.32. The number of phenols is 1. The molecule has 0 saturated heterocycles. The maximum Gasteiger partial charge on any atom is 0.227 e. The summed E-state index contributed by atoms with van der Waals surface area (Å²) in [5.41, 5.74) is 8.38. The molecule has 0 aliphatic rings. The number of benzene rings is 1. The van der Waals surface area contributed by atoms with Crippen LogP contribution in [-0.2, 0) is 13.1 Å². The average Bonchev–Trinajstić information content (AvgIpc) is 3.09. The topological polar surface area (TPSA) is 134 Å². The summed E-state index contributed by atoms with van der Waals surface area (Å²) < 4.78 is 1.93. The summed E-state index contributed by atoms with van der Waals surface area (Å²) in [6.45, 7) is 7.07. The molecule has 0 radical (unpaired) electrons. The first-order valence-corrected chi connectivity index (χ1v) is 9.34. The summed E-state index contributed by atoms with van der Waals surface area (Å²) >= 11 is 0. The molecule has 1 atom stereocenters. The first kappa shape index (κ1) is 19.7. The fourth-order valence-corrected chi connectivity index (χ4v) is 2.88. The van der Waals surface area contributed by atoms with E-state index in [-0.39, 0.29) is 24.3 Å². The van der Waals surface area contributed by atoms with Crippen LogP contribution in [-0.4, -0.2) is 42.4 Å². The number of nitrogens with zero attached hydrogens (tertiary/aromatic N) is 4. The van der Waals surface area contributed by atoms with Gasteiger partial charge in [-0.1, -0.05) is 13.8 Å². The molecule has 0 spiro atoms. The van der Waals surface area contributed by atoms with Crippen LogP contribution in [0.1, 0.15) is 26.3 Å². The number of phenolic OH excluding ortho intramolecular Hbond substituents is 1. The molecule has 0 fully saturated rings. The lowest BCUT2D eigenvalue weighted by atomic mass is 10.1. The van der Waals surface area contributed by atoms with Gasteiger partial charge in [-0.2, -0.15) is 9.97 Å². The number of rotatable bonds is 8. The highest BCUT2D eigenvalue weighted by atomic mass is 16.3. The van der Waals surface area contributed by atoms with Crippen LogP contribution in [0.3, 0.4) is 0 Å². The zero-order chi connectivity index (χ0) is 20.3. The number of fused-ring (bicyclic) bond motifs is 1. The van der Waals surface area contributed by atoms with E-state index in [2.05, 4.69) is 25.6 Å². The van der Waals surface area contributed by atoms with Crippen LogP contribution in [0.4, 0.5) is 17.5 Å². The van der Waals surface area contributed by atoms with Crippen LogP contribution < -0.4 is 16.4 Å². The number of hydrogen-bond donors (Lipinski definition) is 5. The number of nitrogens with two attached hydrogens (primary N) is 1. The summed E-state index contributed by atoms with van der Waals surface area (Å²) in [7, 11) is 0. The highest BCUT2D eigenvalue weighted by Crippen LogP contribution is 2.25. The molecular weight excluding hydrogens is 358 g/mol. The second kappa shape index (κ2) is 8.30. The third kappa shape index (κ3) is 4.09. The Morgan fingerprint density at radius 1 is 1.25 bits per heavy atom. The summed E-state index contributed by atoms with van der Waals surface area (Å²) in [6.07, 6.45) is 1.72. The van der Waals surface area contributed by atoms with E-state index < -0.39 is 0 Å². The molecule has 0 aliphatic carbocycles. The van der Waals surface area contributed by atoms with Crippen molar-refractivity contribution >= 4 is 28.6 Å². The van der Waals surface area contributed by atoms with Crippen molar-refractivity contribution in [2.24, 2.45) is 5.92 Å². The van der Waals surface area contributed by atoms with Crippen molar-refractivity contribution in [1.29, 1.82) is 0 Å². The molecule has 150 valence electrons. The first-order valence-electron chi connectivity index (χ1n) is 9.34. The monoisotopic (exact) mass is 385 g/mol. The minimum absolute atomic E-state index is 0.0218. The lowest BCUT2D eigenvalue weighted by Crippen LogP contribution is -2.30. The highest BCUT2D eigenvalue weighted by molar-refractivity contribution is 5.84. The van der Waals surface area contributed by atoms with E-state index in [0.29, 0.717) is 40.7 Å². The third-order valence-electron chi connectivity index (χ3n) is 4.67. The largest absolute Gasteiger partial charge is 0.508 e. The van der Waals surface area contributed by atoms with E-state index in [4.69, 9.17) is 5.73 Å². The van der Waals surface area contributed by atoms with E-state index in [9.17, 15) is 10.2 Å². The molecule has 0 saturated carbocycles. The van der Waals surface area contributed by atoms with Crippen molar-refractivity contribution in [2.75, 3.05) is 23.0 Å². The Hall–Kier alpha value is -3.07. The highest BCUT2D eigenvalue weighted by Gasteiger charge is 2.17. The number of aromatic nitrogens is 4. The standard InChI is InChI=1S/C19H27N7O2/c1-4-26-10-22-16-17(21-8-12-7-13(20)5-6-15(12)28)24-19(25-18(16)26)23-14(9-27)11(2)3/h5-7,10-11,14,27-28H,4,8-9,20H2,1-3H3,(H2,21,23,24,25). The van der Waals surface area contributed by atoms with E-state index in [1.807, 2.05) is 25.3 Å². The Morgan fingerprint density at radius 2 is 2.04 bits per heavy atom. The number of nitrogens with one attached hydrogen (secondary N) is 2. The number of aromatic hydroxyl groups is 1. The Morgan fingerprint density at radius 3 is 2.71 bits per heavy atom. The molecule has 9 nitrogen and oxygen atoms in total. The van der Waals surface area contributed by atoms with Gasteiger partial charge in [-0.15, -0.1) is 0 Å². The fourth-order valence-electron chi connectivity index (χ4n) is 2.88. The van der Waals surface area contributed by atoms with Gasteiger partial charge in [0, 0.05) is 24.3 Å². The summed E-state index contributed by atoms with van der Waals surface area (Å²) in [4.78, 5) is 13.6. The fraction of sp³-hybridized carbons (Fsp3) is 0.421. The van der Waals surface area contributed by atoms with Crippen LogP contribution in [0.15, 0.2) is 24.5 Å². The number of aliphatic hydroxyl groups excluding tert-OH is 1. The van der Waals surface area contributed by atoms with Gasteiger partial charge in [-0.25, -0.2) is 4.98 Å². The second-order valence-corrected chi connectivity index (χ2v) is 7.02. The minimum Gasteiger partial charge on any atom is -0.508 e. The van der Waals surface area contributed by atoms with Crippen molar-refractivity contribution in [2.45, 2.75) is 39.9 Å². The summed E-state index contributed by atoms with van der Waals surface area (Å²) in [5, 5.41) is 26.1. The van der Waals surface area contributed by atoms with Crippen molar-refractivity contribution < 1.29 is 10.2 Å². The predicted molar refractivity (Wildman–Crippen MR) is 110 cm³/mol. The van der Waals surface area contributed by atoms with E-state index in [1.165, 1.54) is 0 Å². The van der Waals surface area contributed by atoms with Gasteiger partial charge < -0.3 is 31.1 Å². The van der Waals surface area contributed by atoms with Crippen LogP contribution in [0.25, 0.3) is 11.2 Å². The lowest BCUT2D eigenvalue weighted by Gasteiger charge is -2.20. The van der Waals surface area contributed by atoms with E-state index in [0.717, 1.165) is 6.54 Å². The van der Waals surface area contributed by atoms with Crippen LogP contribution in [0.5, 0.6) is 5.75 Å². The molecule has 2 aromatic heterocycles. The van der Waals surface area contributed by atoms with E-state index in [1.54, 1.807) is 24.5 Å². The van der Waals surface area contributed by atoms with Gasteiger partial charge >= 0.3 is 0 Å². The van der Waals surface area contributed by atoms with Crippen LogP contribution >= 0.6 is 0 Å². The first-order chi connectivity index (χ1) is 13.4. The average molecular weight is 385 g/mol. The number of imidazole rings is 1. The third-order valence-corrected chi connectivity index (χ3v) is 4.67. The van der Waals surface area contributed by atoms with Gasteiger partial charge in [0.25, 0.3) is 0 Å². The summed E-state index contributed by atoms with van der Waals surface area (Å²) in [6, 6.07) is 4.76. The number of nitrogen functional groups attached to an aromatic ring is 1. The van der Waals surface area contributed by atoms with Crippen molar-refractivity contribution in [3.8, 4) is 5.75 Å². The van der Waals surface area contributed by atoms with Gasteiger partial charge in [-0.05, 0) is 31.0 Å². The van der Waals surface area contributed by atoms with Crippen molar-refractivity contribution in [1.82, 2.24) is 19.5 Å². The van der Waals surface area contributed by atoms with Crippen molar-refractivity contribution in [3.63, 3.8) is 0 Å². The zero-order valence-corrected chi connectivity index (χ0v) is 16.3. The Balaban J connectivity index is 1.95. The maximum atomic E-state index is 10.0. The molecule has 0 amide bonds. The zero-order valence-electron chi connectivity index (χ0n) is 16.3. The van der Waals surface area contributed by atoms with E-state index >= 15 is 0 Å². The number of aryl methyl sites for hydroxylation is 1. The molecule has 2 heterocycles. The molecule has 6 N–H and O–H groups in total. The number of anilines is 3. The smallest absolute Gasteiger partial charge is 0.227 e. The maximum absolute atomic E-state index is 10.0. The number of aliphatic hydroxyl groups is 1. The molecule has 3 aromatic rings. The van der Waals surface area contributed by atoms with Crippen LogP contribution in [0.2, 0.25) is 0 Å². The minimum atomic E-state index is -0.165. The molecule has 3 rings (SSSR count). The normalized spacial score (nSPS) is 12.5. The van der Waals surface area contributed by atoms with Gasteiger partial charge in [0.15, 0.2) is 17.0 Å². The van der Waals surface area contributed by atoms with Gasteiger partial charge in [0.05, 0.1) is 19.0 Å².